The van der Waals surface area contributed by atoms with Crippen LogP contribution in [0.5, 0.6) is 0 Å². The maximum Gasteiger partial charge on any atom is 0.253 e. The third-order valence-corrected chi connectivity index (χ3v) is 4.89. The maximum atomic E-state index is 12.4. The molecule has 0 saturated carbocycles. The van der Waals surface area contributed by atoms with Gasteiger partial charge in [-0.1, -0.05) is 37.3 Å². The molecule has 2 amide bonds. The first-order valence-corrected chi connectivity index (χ1v) is 9.67. The molecular formula is C22H27N3O2. The fourth-order valence-electron chi connectivity index (χ4n) is 3.40. The lowest BCUT2D eigenvalue weighted by Crippen LogP contribution is -2.45. The summed E-state index contributed by atoms with van der Waals surface area (Å²) in [6, 6.07) is 17.2. The van der Waals surface area contributed by atoms with Gasteiger partial charge in [-0.05, 0) is 43.5 Å². The van der Waals surface area contributed by atoms with E-state index >= 15 is 0 Å². The van der Waals surface area contributed by atoms with Crippen molar-refractivity contribution in [3.8, 4) is 0 Å². The van der Waals surface area contributed by atoms with Crippen LogP contribution in [-0.2, 0) is 0 Å². The molecule has 0 spiro atoms. The Hall–Kier alpha value is -2.82. The predicted octanol–water partition coefficient (Wildman–Crippen LogP) is 3.23. The number of benzene rings is 2. The van der Waals surface area contributed by atoms with Crippen LogP contribution in [-0.4, -0.2) is 37.5 Å². The van der Waals surface area contributed by atoms with Gasteiger partial charge >= 0.3 is 0 Å². The molecule has 5 nitrogen and oxygen atoms in total. The smallest absolute Gasteiger partial charge is 0.253 e. The van der Waals surface area contributed by atoms with Crippen LogP contribution in [0, 0.1) is 0 Å². The van der Waals surface area contributed by atoms with Crippen LogP contribution < -0.4 is 15.5 Å². The van der Waals surface area contributed by atoms with Crippen molar-refractivity contribution in [2.24, 2.45) is 0 Å². The second kappa shape index (κ2) is 9.21. The number of hydrogen-bond acceptors (Lipinski definition) is 3. The second-order valence-electron chi connectivity index (χ2n) is 6.87. The predicted molar refractivity (Wildman–Crippen MR) is 108 cm³/mol. The number of nitrogens with one attached hydrogen (secondary N) is 2. The molecule has 0 aromatic heterocycles. The Kier molecular flexibility index (Phi) is 6.47. The number of amides is 2. The Morgan fingerprint density at radius 2 is 1.63 bits per heavy atom. The summed E-state index contributed by atoms with van der Waals surface area (Å²) in [6.45, 7) is 4.36. The largest absolute Gasteiger partial charge is 0.371 e. The summed E-state index contributed by atoms with van der Waals surface area (Å²) in [4.78, 5) is 27.0. The number of rotatable bonds is 6. The fourth-order valence-corrected chi connectivity index (χ4v) is 3.40. The molecule has 0 bridgehead atoms. The van der Waals surface area contributed by atoms with Crippen LogP contribution in [0.25, 0.3) is 0 Å². The quantitative estimate of drug-likeness (QED) is 0.826. The van der Waals surface area contributed by atoms with Crippen LogP contribution in [0.1, 0.15) is 46.9 Å². The molecule has 1 saturated heterocycles. The Morgan fingerprint density at radius 3 is 2.33 bits per heavy atom. The minimum atomic E-state index is -0.0213. The van der Waals surface area contributed by atoms with Gasteiger partial charge in [-0.25, -0.2) is 0 Å². The van der Waals surface area contributed by atoms with Crippen molar-refractivity contribution in [2.75, 3.05) is 24.5 Å². The lowest BCUT2D eigenvalue weighted by atomic mass is 10.0. The Balaban J connectivity index is 1.59. The van der Waals surface area contributed by atoms with Gasteiger partial charge in [0.2, 0.25) is 0 Å². The Morgan fingerprint density at radius 1 is 0.963 bits per heavy atom. The lowest BCUT2D eigenvalue weighted by Gasteiger charge is -2.35. The van der Waals surface area contributed by atoms with E-state index in [1.54, 1.807) is 0 Å². The van der Waals surface area contributed by atoms with Gasteiger partial charge in [0, 0.05) is 36.9 Å². The molecule has 2 N–H and O–H groups in total. The highest BCUT2D eigenvalue weighted by Crippen LogP contribution is 2.24. The van der Waals surface area contributed by atoms with Gasteiger partial charge in [0.05, 0.1) is 5.56 Å². The van der Waals surface area contributed by atoms with E-state index in [0.717, 1.165) is 43.6 Å². The zero-order valence-corrected chi connectivity index (χ0v) is 15.8. The highest BCUT2D eigenvalue weighted by atomic mass is 16.2. The standard InChI is InChI=1S/C22H27N3O2/c1-2-14-23-22(27)19-10-6-7-11-20(19)25-15-12-18(13-16-25)24-21(26)17-8-4-3-5-9-17/h3-11,18H,2,12-16H2,1H3,(H,23,27)(H,24,26). The molecule has 1 aliphatic heterocycles. The van der Waals surface area contributed by atoms with Gasteiger partial charge in [-0.2, -0.15) is 0 Å². The zero-order chi connectivity index (χ0) is 19.1. The normalized spacial score (nSPS) is 14.6. The van der Waals surface area contributed by atoms with Crippen molar-refractivity contribution in [2.45, 2.75) is 32.2 Å². The summed E-state index contributed by atoms with van der Waals surface area (Å²) in [6.07, 6.45) is 2.65. The average Bonchev–Trinajstić information content (AvgIpc) is 2.73. The van der Waals surface area contributed by atoms with Crippen molar-refractivity contribution in [1.29, 1.82) is 0 Å². The van der Waals surface area contributed by atoms with Gasteiger partial charge < -0.3 is 15.5 Å². The van der Waals surface area contributed by atoms with E-state index < -0.39 is 0 Å². The highest BCUT2D eigenvalue weighted by molar-refractivity contribution is 5.99. The van der Waals surface area contributed by atoms with E-state index in [0.29, 0.717) is 12.1 Å². The number of piperidine rings is 1. The van der Waals surface area contributed by atoms with E-state index in [1.165, 1.54) is 0 Å². The lowest BCUT2D eigenvalue weighted by molar-refractivity contribution is 0.0929. The summed E-state index contributed by atoms with van der Waals surface area (Å²) < 4.78 is 0. The van der Waals surface area contributed by atoms with Gasteiger partial charge in [-0.3, -0.25) is 9.59 Å². The van der Waals surface area contributed by atoms with Crippen LogP contribution >= 0.6 is 0 Å². The van der Waals surface area contributed by atoms with Crippen LogP contribution in [0.4, 0.5) is 5.69 Å². The second-order valence-corrected chi connectivity index (χ2v) is 6.87. The van der Waals surface area contributed by atoms with Crippen molar-refractivity contribution in [1.82, 2.24) is 10.6 Å². The molecule has 3 rings (SSSR count). The third-order valence-electron chi connectivity index (χ3n) is 4.89. The molecule has 1 fully saturated rings. The Labute approximate surface area is 160 Å². The van der Waals surface area contributed by atoms with E-state index in [2.05, 4.69) is 15.5 Å². The number of anilines is 1. The molecule has 27 heavy (non-hydrogen) atoms. The maximum absolute atomic E-state index is 12.4. The van der Waals surface area contributed by atoms with Crippen LogP contribution in [0.3, 0.4) is 0 Å². The minimum Gasteiger partial charge on any atom is -0.371 e. The monoisotopic (exact) mass is 365 g/mol. The number of hydrogen-bond donors (Lipinski definition) is 2. The van der Waals surface area contributed by atoms with Gasteiger partial charge in [0.15, 0.2) is 0 Å². The van der Waals surface area contributed by atoms with Gasteiger partial charge in [0.1, 0.15) is 0 Å². The molecule has 1 aliphatic rings. The van der Waals surface area contributed by atoms with Gasteiger partial charge in [-0.15, -0.1) is 0 Å². The van der Waals surface area contributed by atoms with E-state index in [9.17, 15) is 9.59 Å². The molecule has 0 atom stereocenters. The summed E-state index contributed by atoms with van der Waals surface area (Å²) in [5, 5.41) is 6.09. The topological polar surface area (TPSA) is 61.4 Å². The summed E-state index contributed by atoms with van der Waals surface area (Å²) >= 11 is 0. The average molecular weight is 365 g/mol. The molecular weight excluding hydrogens is 338 g/mol. The van der Waals surface area contributed by atoms with Crippen LogP contribution in [0.2, 0.25) is 0 Å². The van der Waals surface area contributed by atoms with E-state index in [4.69, 9.17) is 0 Å². The third kappa shape index (κ3) is 4.88. The van der Waals surface area contributed by atoms with E-state index in [-0.39, 0.29) is 17.9 Å². The SMILES string of the molecule is CCCNC(=O)c1ccccc1N1CCC(NC(=O)c2ccccc2)CC1. The molecule has 2 aromatic rings. The number of carbonyl (C=O) groups is 2. The highest BCUT2D eigenvalue weighted by Gasteiger charge is 2.23. The molecule has 0 unspecified atom stereocenters. The van der Waals surface area contributed by atoms with Gasteiger partial charge in [0.25, 0.3) is 11.8 Å². The number of nitrogens with zero attached hydrogens (tertiary/aromatic N) is 1. The Bertz CT molecular complexity index is 768. The minimum absolute atomic E-state index is 0.0200. The zero-order valence-electron chi connectivity index (χ0n) is 15.8. The number of carbonyl (C=O) groups excluding carboxylic acids is 2. The van der Waals surface area contributed by atoms with Crippen molar-refractivity contribution < 1.29 is 9.59 Å². The molecule has 0 aliphatic carbocycles. The number of para-hydroxylation sites is 1. The van der Waals surface area contributed by atoms with Crippen molar-refractivity contribution in [3.63, 3.8) is 0 Å². The van der Waals surface area contributed by atoms with Crippen molar-refractivity contribution in [3.05, 3.63) is 65.7 Å². The van der Waals surface area contributed by atoms with E-state index in [1.807, 2.05) is 61.5 Å². The van der Waals surface area contributed by atoms with Crippen molar-refractivity contribution >= 4 is 17.5 Å². The fraction of sp³-hybridized carbons (Fsp3) is 0.364. The summed E-state index contributed by atoms with van der Waals surface area (Å²) in [5.41, 5.74) is 2.38. The summed E-state index contributed by atoms with van der Waals surface area (Å²) in [7, 11) is 0. The molecule has 142 valence electrons. The first-order valence-electron chi connectivity index (χ1n) is 9.67. The molecule has 0 radical (unpaired) electrons. The first-order chi connectivity index (χ1) is 13.2. The molecule has 5 heteroatoms. The molecule has 1 heterocycles. The first kappa shape index (κ1) is 19.0. The van der Waals surface area contributed by atoms with Crippen LogP contribution in [0.15, 0.2) is 54.6 Å². The molecule has 2 aromatic carbocycles. The summed E-state index contributed by atoms with van der Waals surface area (Å²) in [5.74, 6) is -0.0413.